The first-order valence-electron chi connectivity index (χ1n) is 32.8. The molecule has 0 amide bonds. The van der Waals surface area contributed by atoms with E-state index in [0.717, 1.165) is 69.6 Å². The van der Waals surface area contributed by atoms with Crippen LogP contribution in [0.5, 0.6) is 0 Å². The van der Waals surface area contributed by atoms with E-state index in [0.29, 0.717) is 19.3 Å². The van der Waals surface area contributed by atoms with Crippen LogP contribution in [0.4, 0.5) is 0 Å². The van der Waals surface area contributed by atoms with E-state index in [1.165, 1.54) is 263 Å². The first-order chi connectivity index (χ1) is 35.3. The molecule has 0 spiro atoms. The monoisotopic (exact) mass is 1020 g/mol. The van der Waals surface area contributed by atoms with Gasteiger partial charge in [-0.25, -0.2) is 0 Å². The van der Waals surface area contributed by atoms with Gasteiger partial charge in [0.1, 0.15) is 13.2 Å². The molecule has 0 radical (unpaired) electrons. The van der Waals surface area contributed by atoms with Crippen LogP contribution in [0.2, 0.25) is 0 Å². The molecule has 428 valence electrons. The Labute approximate surface area is 450 Å². The number of unbranched alkanes of at least 4 members (excludes halogenated alkanes) is 44. The Morgan fingerprint density at radius 1 is 0.292 bits per heavy atom. The minimum atomic E-state index is -0.763. The Morgan fingerprint density at radius 3 is 0.792 bits per heavy atom. The molecule has 0 fully saturated rings. The molecule has 0 aliphatic heterocycles. The van der Waals surface area contributed by atoms with Crippen LogP contribution in [-0.4, -0.2) is 37.2 Å². The Balaban J connectivity index is 4.20. The first kappa shape index (κ1) is 70.4. The van der Waals surface area contributed by atoms with E-state index in [-0.39, 0.29) is 31.1 Å². The highest BCUT2D eigenvalue weighted by Gasteiger charge is 2.19. The minimum Gasteiger partial charge on any atom is -0.462 e. The van der Waals surface area contributed by atoms with Crippen molar-refractivity contribution in [2.75, 3.05) is 13.2 Å². The van der Waals surface area contributed by atoms with Gasteiger partial charge in [0.15, 0.2) is 6.10 Å². The average molecular weight is 1020 g/mol. The van der Waals surface area contributed by atoms with Gasteiger partial charge >= 0.3 is 17.9 Å². The van der Waals surface area contributed by atoms with Crippen LogP contribution in [0.15, 0.2) is 0 Å². The molecule has 2 atom stereocenters. The summed E-state index contributed by atoms with van der Waals surface area (Å²) in [4.78, 5) is 38.3. The molecule has 0 saturated carbocycles. The number of hydrogen-bond donors (Lipinski definition) is 0. The average Bonchev–Trinajstić information content (AvgIpc) is 3.37. The van der Waals surface area contributed by atoms with Gasteiger partial charge in [0.2, 0.25) is 0 Å². The summed E-state index contributed by atoms with van der Waals surface area (Å²) in [6.07, 6.45) is 65.4. The fourth-order valence-corrected chi connectivity index (χ4v) is 10.3. The second-order valence-corrected chi connectivity index (χ2v) is 23.5. The molecule has 6 nitrogen and oxygen atoms in total. The molecular weight excluding hydrogens is 889 g/mol. The summed E-state index contributed by atoms with van der Waals surface area (Å²) in [5, 5.41) is 0. The van der Waals surface area contributed by atoms with Gasteiger partial charge in [0, 0.05) is 19.3 Å². The van der Waals surface area contributed by atoms with Crippen molar-refractivity contribution < 1.29 is 28.6 Å². The summed E-state index contributed by atoms with van der Waals surface area (Å²) in [5.74, 6) is 0.937. The van der Waals surface area contributed by atoms with Crippen LogP contribution < -0.4 is 0 Å². The minimum absolute atomic E-state index is 0.0617. The van der Waals surface area contributed by atoms with Crippen molar-refractivity contribution >= 4 is 17.9 Å². The molecule has 6 heteroatoms. The van der Waals surface area contributed by atoms with Crippen molar-refractivity contribution in [1.29, 1.82) is 0 Å². The molecular formula is C66H128O6. The molecule has 0 aromatic rings. The molecule has 0 aromatic carbocycles. The number of carbonyl (C=O) groups excluding carboxylic acids is 3. The molecule has 0 aromatic heterocycles. The molecule has 0 aliphatic rings. The second kappa shape index (κ2) is 58.7. The van der Waals surface area contributed by atoms with Crippen LogP contribution in [0, 0.1) is 11.8 Å². The second-order valence-electron chi connectivity index (χ2n) is 23.5. The molecule has 0 saturated heterocycles. The van der Waals surface area contributed by atoms with Gasteiger partial charge in [0.25, 0.3) is 0 Å². The highest BCUT2D eigenvalue weighted by atomic mass is 16.6. The fraction of sp³-hybridized carbons (Fsp3) is 0.955. The number of rotatable bonds is 60. The zero-order valence-corrected chi connectivity index (χ0v) is 49.6. The lowest BCUT2D eigenvalue weighted by molar-refractivity contribution is -0.167. The molecule has 0 heterocycles. The highest BCUT2D eigenvalue weighted by molar-refractivity contribution is 5.71. The van der Waals surface area contributed by atoms with Crippen molar-refractivity contribution in [3.8, 4) is 0 Å². The predicted molar refractivity (Wildman–Crippen MR) is 312 cm³/mol. The zero-order chi connectivity index (χ0) is 52.5. The van der Waals surface area contributed by atoms with E-state index in [1.807, 2.05) is 0 Å². The molecule has 0 bridgehead atoms. The van der Waals surface area contributed by atoms with E-state index in [9.17, 15) is 14.4 Å². The third-order valence-corrected chi connectivity index (χ3v) is 15.6. The number of ether oxygens (including phenoxy) is 3. The van der Waals surface area contributed by atoms with Gasteiger partial charge in [-0.05, 0) is 31.1 Å². The van der Waals surface area contributed by atoms with Gasteiger partial charge in [0.05, 0.1) is 0 Å². The summed E-state index contributed by atoms with van der Waals surface area (Å²) < 4.78 is 16.9. The van der Waals surface area contributed by atoms with E-state index in [4.69, 9.17) is 14.2 Å². The third-order valence-electron chi connectivity index (χ3n) is 15.6. The molecule has 72 heavy (non-hydrogen) atoms. The maximum Gasteiger partial charge on any atom is 0.306 e. The largest absolute Gasteiger partial charge is 0.462 e. The zero-order valence-electron chi connectivity index (χ0n) is 49.6. The third kappa shape index (κ3) is 57.7. The van der Waals surface area contributed by atoms with E-state index in [2.05, 4.69) is 34.6 Å². The van der Waals surface area contributed by atoms with Gasteiger partial charge < -0.3 is 14.2 Å². The van der Waals surface area contributed by atoms with Crippen LogP contribution >= 0.6 is 0 Å². The molecule has 0 N–H and O–H groups in total. The smallest absolute Gasteiger partial charge is 0.306 e. The van der Waals surface area contributed by atoms with Gasteiger partial charge in [-0.3, -0.25) is 14.4 Å². The summed E-state index contributed by atoms with van der Waals surface area (Å²) >= 11 is 0. The van der Waals surface area contributed by atoms with Gasteiger partial charge in [-0.15, -0.1) is 0 Å². The van der Waals surface area contributed by atoms with Crippen molar-refractivity contribution in [1.82, 2.24) is 0 Å². The maximum atomic E-state index is 12.9. The van der Waals surface area contributed by atoms with Crippen LogP contribution in [-0.2, 0) is 28.6 Å². The summed E-state index contributed by atoms with van der Waals surface area (Å²) in [6.45, 7) is 11.5. The molecule has 1 unspecified atom stereocenters. The highest BCUT2D eigenvalue weighted by Crippen LogP contribution is 2.19. The summed E-state index contributed by atoms with van der Waals surface area (Å²) in [6, 6.07) is 0. The lowest BCUT2D eigenvalue weighted by Gasteiger charge is -2.18. The quantitative estimate of drug-likeness (QED) is 0.0343. The van der Waals surface area contributed by atoms with E-state index in [1.54, 1.807) is 0 Å². The van der Waals surface area contributed by atoms with Crippen LogP contribution in [0.25, 0.3) is 0 Å². The fourth-order valence-electron chi connectivity index (χ4n) is 10.3. The normalized spacial score (nSPS) is 12.4. The topological polar surface area (TPSA) is 78.9 Å². The lowest BCUT2D eigenvalue weighted by atomic mass is 9.99. The number of carbonyl (C=O) groups is 3. The Kier molecular flexibility index (Phi) is 57.4. The Morgan fingerprint density at radius 2 is 0.528 bits per heavy atom. The van der Waals surface area contributed by atoms with E-state index >= 15 is 0 Å². The van der Waals surface area contributed by atoms with Crippen molar-refractivity contribution in [3.05, 3.63) is 0 Å². The van der Waals surface area contributed by atoms with E-state index < -0.39 is 6.10 Å². The standard InChI is InChI=1S/C66H128O6/c1-6-8-9-10-11-12-29-36-41-46-51-56-64(67)70-59-63(60-71-65(68)57-52-47-42-37-32-27-23-19-15-13-17-21-25-30-34-39-44-49-54-61(3)4)72-66(69)58-53-48-43-38-33-28-24-20-16-14-18-22-26-31-35-40-45-50-55-62(5)7-2/h61-63H,6-60H2,1-5H3/t62?,63-/m1/s1. The maximum absolute atomic E-state index is 12.9. The van der Waals surface area contributed by atoms with Gasteiger partial charge in [-0.2, -0.15) is 0 Å². The van der Waals surface area contributed by atoms with Gasteiger partial charge in [-0.1, -0.05) is 336 Å². The number of hydrogen-bond acceptors (Lipinski definition) is 6. The molecule has 0 rings (SSSR count). The molecule has 0 aliphatic carbocycles. The Hall–Kier alpha value is -1.59. The van der Waals surface area contributed by atoms with Crippen molar-refractivity contribution in [2.45, 2.75) is 381 Å². The van der Waals surface area contributed by atoms with Crippen LogP contribution in [0.1, 0.15) is 375 Å². The number of esters is 3. The first-order valence-corrected chi connectivity index (χ1v) is 32.8. The van der Waals surface area contributed by atoms with Crippen LogP contribution in [0.3, 0.4) is 0 Å². The van der Waals surface area contributed by atoms with Crippen molar-refractivity contribution in [3.63, 3.8) is 0 Å². The lowest BCUT2D eigenvalue weighted by Crippen LogP contribution is -2.30. The summed E-state index contributed by atoms with van der Waals surface area (Å²) in [7, 11) is 0. The Bertz CT molecular complexity index is 1110. The summed E-state index contributed by atoms with van der Waals surface area (Å²) in [5.41, 5.74) is 0. The van der Waals surface area contributed by atoms with Crippen molar-refractivity contribution in [2.24, 2.45) is 11.8 Å². The SMILES string of the molecule is CCCCCCCCCCCCCC(=O)OC[C@H](COC(=O)CCCCCCCCCCCCCCCCCCCCC(C)C)OC(=O)CCCCCCCCCCCCCCCCCCCCC(C)CC. The predicted octanol–water partition coefficient (Wildman–Crippen LogP) is 22.0.